The molecule has 0 saturated heterocycles. The molecule has 0 spiro atoms. The van der Waals surface area contributed by atoms with Gasteiger partial charge in [-0.2, -0.15) is 5.26 Å². The van der Waals surface area contributed by atoms with E-state index in [1.807, 2.05) is 0 Å². The lowest BCUT2D eigenvalue weighted by Gasteiger charge is -2.36. The van der Waals surface area contributed by atoms with Gasteiger partial charge in [-0.1, -0.05) is 46.3 Å². The van der Waals surface area contributed by atoms with Crippen molar-refractivity contribution in [2.24, 2.45) is 5.73 Å². The number of hydrogen-bond acceptors (Lipinski definition) is 7. The molecule has 7 nitrogen and oxygen atoms in total. The number of halogens is 2. The van der Waals surface area contributed by atoms with E-state index in [-0.39, 0.29) is 22.7 Å². The predicted octanol–water partition coefficient (Wildman–Crippen LogP) is 4.11. The first-order valence-electron chi connectivity index (χ1n) is 8.96. The summed E-state index contributed by atoms with van der Waals surface area (Å²) < 4.78 is 11.4. The smallest absolute Gasteiger partial charge is 0.355 e. The van der Waals surface area contributed by atoms with Gasteiger partial charge < -0.3 is 15.2 Å². The van der Waals surface area contributed by atoms with E-state index >= 15 is 0 Å². The number of allylic oxidation sites excluding steroid dienone is 1. The number of methoxy groups -OCH3 is 2. The highest BCUT2D eigenvalue weighted by Gasteiger charge is 2.43. The van der Waals surface area contributed by atoms with Crippen LogP contribution in [0.2, 0.25) is 0 Å². The number of nitrogens with two attached hydrogens (primary N) is 1. The van der Waals surface area contributed by atoms with Crippen LogP contribution < -0.4 is 10.6 Å². The molecule has 1 aliphatic rings. The molecule has 1 heterocycles. The Morgan fingerprint density at radius 1 is 1.06 bits per heavy atom. The fourth-order valence-corrected chi connectivity index (χ4v) is 4.65. The molecular weight excluding hydrogens is 530 g/mol. The number of hydrogen-bond donors (Lipinski definition) is 1. The Morgan fingerprint density at radius 3 is 2.26 bits per heavy atom. The van der Waals surface area contributed by atoms with Gasteiger partial charge in [0.25, 0.3) is 0 Å². The van der Waals surface area contributed by atoms with Crippen LogP contribution >= 0.6 is 31.9 Å². The van der Waals surface area contributed by atoms with Gasteiger partial charge in [0, 0.05) is 8.95 Å². The van der Waals surface area contributed by atoms with Crippen LogP contribution in [0.4, 0.5) is 5.69 Å². The Kier molecular flexibility index (Phi) is 6.83. The first kappa shape index (κ1) is 22.6. The normalized spacial score (nSPS) is 16.1. The lowest BCUT2D eigenvalue weighted by atomic mass is 9.81. The summed E-state index contributed by atoms with van der Waals surface area (Å²) in [7, 11) is 2.41. The van der Waals surface area contributed by atoms with Crippen LogP contribution in [0.5, 0.6) is 0 Å². The van der Waals surface area contributed by atoms with Crippen molar-refractivity contribution in [1.29, 1.82) is 5.26 Å². The molecule has 31 heavy (non-hydrogen) atoms. The molecule has 2 aromatic carbocycles. The van der Waals surface area contributed by atoms with Gasteiger partial charge in [-0.05, 0) is 39.7 Å². The first-order chi connectivity index (χ1) is 14.8. The minimum Gasteiger partial charge on any atom is -0.466 e. The van der Waals surface area contributed by atoms with Gasteiger partial charge in [0.2, 0.25) is 0 Å². The van der Waals surface area contributed by atoms with Gasteiger partial charge in [0.15, 0.2) is 0 Å². The maximum Gasteiger partial charge on any atom is 0.355 e. The van der Waals surface area contributed by atoms with Crippen molar-refractivity contribution in [3.8, 4) is 6.07 Å². The molecule has 1 unspecified atom stereocenters. The van der Waals surface area contributed by atoms with Crippen molar-refractivity contribution in [3.05, 3.63) is 85.7 Å². The molecule has 9 heteroatoms. The number of benzene rings is 2. The molecule has 0 aromatic heterocycles. The second-order valence-electron chi connectivity index (χ2n) is 6.43. The van der Waals surface area contributed by atoms with E-state index in [0.29, 0.717) is 15.7 Å². The standard InChI is InChI=1S/C22H17Br2N3O4/c1-30-21(28)18-17(12-6-4-3-5-7-12)14(11-25)20(26)27(19(18)22(29)31-2)16-9-8-13(23)10-15(16)24/h3-10,17H,26H2,1-2H3. The second kappa shape index (κ2) is 9.37. The first-order valence-corrected chi connectivity index (χ1v) is 10.5. The summed E-state index contributed by atoms with van der Waals surface area (Å²) in [6.45, 7) is 0. The molecule has 0 radical (unpaired) electrons. The molecule has 158 valence electrons. The molecule has 2 N–H and O–H groups in total. The molecule has 0 bridgehead atoms. The highest BCUT2D eigenvalue weighted by molar-refractivity contribution is 9.11. The number of ether oxygens (including phenoxy) is 2. The predicted molar refractivity (Wildman–Crippen MR) is 121 cm³/mol. The van der Waals surface area contributed by atoms with Crippen LogP contribution in [0, 0.1) is 11.3 Å². The second-order valence-corrected chi connectivity index (χ2v) is 8.20. The highest BCUT2D eigenvalue weighted by atomic mass is 79.9. The Labute approximate surface area is 196 Å². The van der Waals surface area contributed by atoms with E-state index in [4.69, 9.17) is 15.2 Å². The zero-order chi connectivity index (χ0) is 22.7. The average Bonchev–Trinajstić information content (AvgIpc) is 2.78. The van der Waals surface area contributed by atoms with Gasteiger partial charge >= 0.3 is 11.9 Å². The van der Waals surface area contributed by atoms with Gasteiger partial charge in [-0.15, -0.1) is 0 Å². The number of rotatable bonds is 4. The van der Waals surface area contributed by atoms with Crippen molar-refractivity contribution < 1.29 is 19.1 Å². The summed E-state index contributed by atoms with van der Waals surface area (Å²) in [5.74, 6) is -2.46. The molecule has 0 fully saturated rings. The quantitative estimate of drug-likeness (QED) is 0.575. The van der Waals surface area contributed by atoms with Gasteiger partial charge in [-0.3, -0.25) is 4.90 Å². The van der Waals surface area contributed by atoms with E-state index in [1.165, 1.54) is 19.1 Å². The molecule has 1 aliphatic heterocycles. The van der Waals surface area contributed by atoms with Crippen LogP contribution in [0.25, 0.3) is 0 Å². The van der Waals surface area contributed by atoms with Crippen LogP contribution in [0.1, 0.15) is 11.5 Å². The third-order valence-corrected chi connectivity index (χ3v) is 5.89. The number of nitriles is 1. The van der Waals surface area contributed by atoms with Crippen LogP contribution in [0.15, 0.2) is 80.1 Å². The molecule has 0 amide bonds. The van der Waals surface area contributed by atoms with Crippen molar-refractivity contribution in [3.63, 3.8) is 0 Å². The molecule has 3 rings (SSSR count). The molecule has 0 saturated carbocycles. The summed E-state index contributed by atoms with van der Waals surface area (Å²) in [6.07, 6.45) is 0. The van der Waals surface area contributed by atoms with E-state index in [9.17, 15) is 14.9 Å². The molecular formula is C22H17Br2N3O4. The Balaban J connectivity index is 2.43. The molecule has 1 atom stereocenters. The monoisotopic (exact) mass is 545 g/mol. The number of anilines is 1. The Bertz CT molecular complexity index is 1150. The summed E-state index contributed by atoms with van der Waals surface area (Å²) >= 11 is 6.84. The van der Waals surface area contributed by atoms with Crippen LogP contribution in [-0.4, -0.2) is 26.2 Å². The zero-order valence-corrected chi connectivity index (χ0v) is 19.7. The van der Waals surface area contributed by atoms with Gasteiger partial charge in [0.1, 0.15) is 11.5 Å². The van der Waals surface area contributed by atoms with E-state index in [1.54, 1.807) is 48.5 Å². The van der Waals surface area contributed by atoms with E-state index in [2.05, 4.69) is 37.9 Å². The Hall–Kier alpha value is -3.09. The van der Waals surface area contributed by atoms with Crippen molar-refractivity contribution in [1.82, 2.24) is 0 Å². The van der Waals surface area contributed by atoms with Crippen molar-refractivity contribution in [2.45, 2.75) is 5.92 Å². The molecule has 0 aliphatic carbocycles. The van der Waals surface area contributed by atoms with Crippen molar-refractivity contribution in [2.75, 3.05) is 19.1 Å². The van der Waals surface area contributed by atoms with Crippen LogP contribution in [-0.2, 0) is 19.1 Å². The largest absolute Gasteiger partial charge is 0.466 e. The maximum absolute atomic E-state index is 13.0. The summed E-state index contributed by atoms with van der Waals surface area (Å²) in [4.78, 5) is 27.3. The summed E-state index contributed by atoms with van der Waals surface area (Å²) in [5.41, 5.74) is 7.44. The average molecular weight is 547 g/mol. The fraction of sp³-hybridized carbons (Fsp3) is 0.136. The minimum absolute atomic E-state index is 0.00688. The topological polar surface area (TPSA) is 106 Å². The Morgan fingerprint density at radius 2 is 1.71 bits per heavy atom. The third kappa shape index (κ3) is 4.09. The molecule has 2 aromatic rings. The van der Waals surface area contributed by atoms with E-state index < -0.39 is 17.9 Å². The zero-order valence-electron chi connectivity index (χ0n) is 16.6. The number of carbonyl (C=O) groups is 2. The van der Waals surface area contributed by atoms with E-state index in [0.717, 1.165) is 4.47 Å². The summed E-state index contributed by atoms with van der Waals surface area (Å²) in [6, 6.07) is 16.1. The van der Waals surface area contributed by atoms with Crippen LogP contribution in [0.3, 0.4) is 0 Å². The lowest BCUT2D eigenvalue weighted by molar-refractivity contribution is -0.139. The third-order valence-electron chi connectivity index (χ3n) is 4.76. The number of carbonyl (C=O) groups excluding carboxylic acids is 2. The number of nitrogens with zero attached hydrogens (tertiary/aromatic N) is 2. The van der Waals surface area contributed by atoms with Gasteiger partial charge in [-0.25, -0.2) is 9.59 Å². The highest BCUT2D eigenvalue weighted by Crippen LogP contribution is 2.44. The number of esters is 2. The SMILES string of the molecule is COC(=O)C1=C(C(=O)OC)N(c2ccc(Br)cc2Br)C(N)=C(C#N)C1c1ccccc1. The maximum atomic E-state index is 13.0. The lowest BCUT2D eigenvalue weighted by Crippen LogP contribution is -2.40. The van der Waals surface area contributed by atoms with Crippen molar-refractivity contribution >= 4 is 49.5 Å². The fourth-order valence-electron chi connectivity index (χ4n) is 3.43. The minimum atomic E-state index is -0.904. The summed E-state index contributed by atoms with van der Waals surface area (Å²) in [5, 5.41) is 10.0. The van der Waals surface area contributed by atoms with Gasteiger partial charge in [0.05, 0.1) is 43.0 Å².